The highest BCUT2D eigenvalue weighted by molar-refractivity contribution is 5.69. The van der Waals surface area contributed by atoms with E-state index in [1.807, 2.05) is 6.92 Å². The molecule has 1 unspecified atom stereocenters. The van der Waals surface area contributed by atoms with Crippen LogP contribution in [-0.2, 0) is 14.3 Å². The molecule has 0 fully saturated rings. The Labute approximate surface area is 73.1 Å². The summed E-state index contributed by atoms with van der Waals surface area (Å²) >= 11 is 0. The van der Waals surface area contributed by atoms with Gasteiger partial charge in [-0.1, -0.05) is 13.3 Å². The van der Waals surface area contributed by atoms with Crippen molar-refractivity contribution in [3.63, 3.8) is 0 Å². The molecule has 0 spiro atoms. The molecule has 1 atom stereocenters. The number of esters is 1. The van der Waals surface area contributed by atoms with Crippen molar-refractivity contribution in [3.05, 3.63) is 0 Å². The van der Waals surface area contributed by atoms with Crippen LogP contribution >= 0.6 is 0 Å². The van der Waals surface area contributed by atoms with Crippen LogP contribution < -0.4 is 0 Å². The zero-order valence-corrected chi connectivity index (χ0v) is 7.71. The Balaban J connectivity index is 3.66. The topological polar surface area (TPSA) is 43.4 Å². The van der Waals surface area contributed by atoms with Crippen LogP contribution in [0.15, 0.2) is 0 Å². The van der Waals surface area contributed by atoms with Crippen LogP contribution in [-0.4, -0.2) is 19.4 Å². The molecular formula is C9H16O3. The minimum atomic E-state index is -0.187. The molecule has 0 rings (SSSR count). The quantitative estimate of drug-likeness (QED) is 0.451. The van der Waals surface area contributed by atoms with E-state index >= 15 is 0 Å². The Morgan fingerprint density at radius 3 is 2.67 bits per heavy atom. The lowest BCUT2D eigenvalue weighted by atomic mass is 9.97. The van der Waals surface area contributed by atoms with Crippen LogP contribution in [0.1, 0.15) is 32.6 Å². The number of hydrogen-bond acceptors (Lipinski definition) is 3. The monoisotopic (exact) mass is 172 g/mol. The number of aldehydes is 1. The first-order chi connectivity index (χ1) is 5.74. The van der Waals surface area contributed by atoms with Gasteiger partial charge < -0.3 is 9.53 Å². The van der Waals surface area contributed by atoms with Crippen molar-refractivity contribution < 1.29 is 14.3 Å². The van der Waals surface area contributed by atoms with Gasteiger partial charge in [-0.2, -0.15) is 0 Å². The van der Waals surface area contributed by atoms with Gasteiger partial charge >= 0.3 is 5.97 Å². The number of hydrogen-bond donors (Lipinski definition) is 0. The lowest BCUT2D eigenvalue weighted by Gasteiger charge is -2.10. The largest absolute Gasteiger partial charge is 0.469 e. The third kappa shape index (κ3) is 4.88. The fraction of sp³-hybridized carbons (Fsp3) is 0.778. The van der Waals surface area contributed by atoms with Gasteiger partial charge in [0.1, 0.15) is 6.29 Å². The predicted molar refractivity (Wildman–Crippen MR) is 45.7 cm³/mol. The van der Waals surface area contributed by atoms with Gasteiger partial charge in [-0.05, 0) is 12.3 Å². The normalized spacial score (nSPS) is 12.2. The van der Waals surface area contributed by atoms with Gasteiger partial charge in [0.15, 0.2) is 0 Å². The maximum atomic E-state index is 10.8. The van der Waals surface area contributed by atoms with Crippen molar-refractivity contribution in [2.75, 3.05) is 7.11 Å². The summed E-state index contributed by atoms with van der Waals surface area (Å²) in [6.45, 7) is 2.01. The summed E-state index contributed by atoms with van der Waals surface area (Å²) in [7, 11) is 1.38. The molecule has 0 aliphatic heterocycles. The van der Waals surface area contributed by atoms with E-state index < -0.39 is 0 Å². The Bertz CT molecular complexity index is 143. The number of carbonyl (C=O) groups is 2. The molecule has 0 aromatic heterocycles. The van der Waals surface area contributed by atoms with E-state index in [9.17, 15) is 9.59 Å². The van der Waals surface area contributed by atoms with Crippen LogP contribution in [0.5, 0.6) is 0 Å². The second-order valence-electron chi connectivity index (χ2n) is 2.80. The maximum absolute atomic E-state index is 10.8. The average molecular weight is 172 g/mol. The fourth-order valence-electron chi connectivity index (χ4n) is 1.07. The van der Waals surface area contributed by atoms with Crippen LogP contribution in [0.2, 0.25) is 0 Å². The highest BCUT2D eigenvalue weighted by atomic mass is 16.5. The molecule has 0 bridgehead atoms. The van der Waals surface area contributed by atoms with Crippen molar-refractivity contribution in [1.29, 1.82) is 0 Å². The Hall–Kier alpha value is -0.860. The number of rotatable bonds is 6. The highest BCUT2D eigenvalue weighted by Gasteiger charge is 2.11. The van der Waals surface area contributed by atoms with E-state index in [4.69, 9.17) is 0 Å². The fourth-order valence-corrected chi connectivity index (χ4v) is 1.07. The molecule has 70 valence electrons. The second-order valence-corrected chi connectivity index (χ2v) is 2.80. The molecule has 0 N–H and O–H groups in total. The summed E-state index contributed by atoms with van der Waals surface area (Å²) in [6.07, 6.45) is 3.56. The van der Waals surface area contributed by atoms with Crippen LogP contribution in [0.25, 0.3) is 0 Å². The lowest BCUT2D eigenvalue weighted by molar-refractivity contribution is -0.141. The van der Waals surface area contributed by atoms with Gasteiger partial charge in [-0.3, -0.25) is 4.79 Å². The molecule has 3 nitrogen and oxygen atoms in total. The molecule has 0 aromatic rings. The van der Waals surface area contributed by atoms with E-state index in [1.165, 1.54) is 7.11 Å². The van der Waals surface area contributed by atoms with Crippen LogP contribution in [0.3, 0.4) is 0 Å². The van der Waals surface area contributed by atoms with E-state index in [2.05, 4.69) is 4.74 Å². The molecule has 0 aliphatic carbocycles. The van der Waals surface area contributed by atoms with Gasteiger partial charge in [-0.25, -0.2) is 0 Å². The van der Waals surface area contributed by atoms with E-state index in [-0.39, 0.29) is 5.97 Å². The minimum absolute atomic E-state index is 0.187. The third-order valence-corrected chi connectivity index (χ3v) is 1.95. The maximum Gasteiger partial charge on any atom is 0.305 e. The highest BCUT2D eigenvalue weighted by Crippen LogP contribution is 2.14. The zero-order valence-electron chi connectivity index (χ0n) is 7.71. The Morgan fingerprint density at radius 2 is 2.25 bits per heavy atom. The minimum Gasteiger partial charge on any atom is -0.469 e. The second kappa shape index (κ2) is 6.83. The first-order valence-electron chi connectivity index (χ1n) is 4.25. The molecule has 0 aromatic carbocycles. The van der Waals surface area contributed by atoms with Crippen LogP contribution in [0.4, 0.5) is 0 Å². The molecule has 0 saturated carbocycles. The summed E-state index contributed by atoms with van der Waals surface area (Å²) in [6, 6.07) is 0. The van der Waals surface area contributed by atoms with Crippen molar-refractivity contribution >= 4 is 12.3 Å². The first kappa shape index (κ1) is 11.1. The molecule has 0 amide bonds. The van der Waals surface area contributed by atoms with Crippen molar-refractivity contribution in [1.82, 2.24) is 0 Å². The molecule has 0 radical (unpaired) electrons. The predicted octanol–water partition coefficient (Wildman–Crippen LogP) is 1.55. The van der Waals surface area contributed by atoms with E-state index in [0.717, 1.165) is 19.1 Å². The summed E-state index contributed by atoms with van der Waals surface area (Å²) in [5.74, 6) is 0.107. The van der Waals surface area contributed by atoms with Gasteiger partial charge in [0.2, 0.25) is 0 Å². The number of ether oxygens (including phenoxy) is 1. The molecule has 3 heteroatoms. The standard InChI is InChI=1S/C9H16O3/c1-3-8(5-4-6-10)7-9(11)12-2/h6,8H,3-5,7H2,1-2H3. The van der Waals surface area contributed by atoms with Crippen molar-refractivity contribution in [3.8, 4) is 0 Å². The Kier molecular flexibility index (Phi) is 6.34. The third-order valence-electron chi connectivity index (χ3n) is 1.95. The average Bonchev–Trinajstić information content (AvgIpc) is 2.11. The first-order valence-corrected chi connectivity index (χ1v) is 4.25. The van der Waals surface area contributed by atoms with Crippen molar-refractivity contribution in [2.24, 2.45) is 5.92 Å². The lowest BCUT2D eigenvalue weighted by Crippen LogP contribution is -2.09. The van der Waals surface area contributed by atoms with Crippen molar-refractivity contribution in [2.45, 2.75) is 32.6 Å². The van der Waals surface area contributed by atoms with Crippen LogP contribution in [0, 0.1) is 5.92 Å². The zero-order chi connectivity index (χ0) is 9.40. The van der Waals surface area contributed by atoms with Gasteiger partial charge in [0, 0.05) is 12.8 Å². The molecule has 0 heterocycles. The van der Waals surface area contributed by atoms with E-state index in [0.29, 0.717) is 18.8 Å². The van der Waals surface area contributed by atoms with Gasteiger partial charge in [0.05, 0.1) is 7.11 Å². The van der Waals surface area contributed by atoms with Gasteiger partial charge in [0.25, 0.3) is 0 Å². The summed E-state index contributed by atoms with van der Waals surface area (Å²) < 4.78 is 4.54. The summed E-state index contributed by atoms with van der Waals surface area (Å²) in [5.41, 5.74) is 0. The molecular weight excluding hydrogens is 156 g/mol. The SMILES string of the molecule is CCC(CCC=O)CC(=O)OC. The summed E-state index contributed by atoms with van der Waals surface area (Å²) in [4.78, 5) is 20.9. The molecule has 0 aliphatic rings. The molecule has 0 saturated heterocycles. The summed E-state index contributed by atoms with van der Waals surface area (Å²) in [5, 5.41) is 0. The van der Waals surface area contributed by atoms with E-state index in [1.54, 1.807) is 0 Å². The molecule has 12 heavy (non-hydrogen) atoms. The van der Waals surface area contributed by atoms with Gasteiger partial charge in [-0.15, -0.1) is 0 Å². The number of carbonyl (C=O) groups excluding carboxylic acids is 2. The smallest absolute Gasteiger partial charge is 0.305 e. The number of methoxy groups -OCH3 is 1. The Morgan fingerprint density at radius 1 is 1.58 bits per heavy atom.